The number of ketones is 1. The van der Waals surface area contributed by atoms with Crippen LogP contribution in [-0.2, 0) is 9.59 Å². The minimum atomic E-state index is -0.999. The van der Waals surface area contributed by atoms with Crippen molar-refractivity contribution in [2.75, 3.05) is 6.54 Å². The van der Waals surface area contributed by atoms with E-state index in [2.05, 4.69) is 28.6 Å². The van der Waals surface area contributed by atoms with Crippen molar-refractivity contribution in [3.8, 4) is 0 Å². The van der Waals surface area contributed by atoms with Gasteiger partial charge in [0, 0.05) is 23.0 Å². The molecule has 1 unspecified atom stereocenters. The van der Waals surface area contributed by atoms with Crippen molar-refractivity contribution in [3.63, 3.8) is 0 Å². The SMILES string of the molecule is O=C(c1ccc(Br)cc1)C(S)CC(=O)N1CCC[C@H]1C(=O)O. The summed E-state index contributed by atoms with van der Waals surface area (Å²) < 4.78 is 0.859. The molecule has 1 aromatic rings. The second kappa shape index (κ2) is 7.28. The van der Waals surface area contributed by atoms with Crippen molar-refractivity contribution >= 4 is 46.2 Å². The molecule has 0 radical (unpaired) electrons. The summed E-state index contributed by atoms with van der Waals surface area (Å²) in [6.07, 6.45) is 1.03. The molecule has 7 heteroatoms. The third kappa shape index (κ3) is 3.89. The molecule has 1 aliphatic heterocycles. The number of carboxylic acids is 1. The second-order valence-corrected chi connectivity index (χ2v) is 6.71. The lowest BCUT2D eigenvalue weighted by molar-refractivity contribution is -0.148. The van der Waals surface area contributed by atoms with Gasteiger partial charge in [-0.1, -0.05) is 28.1 Å². The van der Waals surface area contributed by atoms with Crippen molar-refractivity contribution < 1.29 is 19.5 Å². The highest BCUT2D eigenvalue weighted by Crippen LogP contribution is 2.21. The molecule has 22 heavy (non-hydrogen) atoms. The quantitative estimate of drug-likeness (QED) is 0.602. The summed E-state index contributed by atoms with van der Waals surface area (Å²) in [7, 11) is 0. The van der Waals surface area contributed by atoms with Crippen LogP contribution in [-0.4, -0.2) is 45.5 Å². The van der Waals surface area contributed by atoms with Crippen molar-refractivity contribution in [2.45, 2.75) is 30.6 Å². The van der Waals surface area contributed by atoms with Crippen LogP contribution < -0.4 is 0 Å². The van der Waals surface area contributed by atoms with Crippen LogP contribution in [0.15, 0.2) is 28.7 Å². The molecule has 0 saturated carbocycles. The van der Waals surface area contributed by atoms with E-state index in [0.717, 1.165) is 4.47 Å². The number of benzene rings is 1. The van der Waals surface area contributed by atoms with Gasteiger partial charge in [0.1, 0.15) is 6.04 Å². The Labute approximate surface area is 142 Å². The Kier molecular flexibility index (Phi) is 5.63. The molecule has 1 N–H and O–H groups in total. The first-order chi connectivity index (χ1) is 10.4. The smallest absolute Gasteiger partial charge is 0.326 e. The van der Waals surface area contributed by atoms with Gasteiger partial charge in [-0.3, -0.25) is 9.59 Å². The number of hydrogen-bond acceptors (Lipinski definition) is 4. The lowest BCUT2D eigenvalue weighted by atomic mass is 10.1. The second-order valence-electron chi connectivity index (χ2n) is 5.17. The van der Waals surface area contributed by atoms with E-state index in [0.29, 0.717) is 24.9 Å². The molecular weight excluding hydrogens is 370 g/mol. The van der Waals surface area contributed by atoms with E-state index >= 15 is 0 Å². The number of carbonyl (C=O) groups is 3. The number of carbonyl (C=O) groups excluding carboxylic acids is 2. The fourth-order valence-electron chi connectivity index (χ4n) is 2.50. The minimum absolute atomic E-state index is 0.0954. The number of halogens is 1. The molecule has 1 saturated heterocycles. The van der Waals surface area contributed by atoms with E-state index in [1.807, 2.05) is 0 Å². The Morgan fingerprint density at radius 3 is 2.55 bits per heavy atom. The van der Waals surface area contributed by atoms with Gasteiger partial charge in [-0.15, -0.1) is 0 Å². The van der Waals surface area contributed by atoms with E-state index in [1.54, 1.807) is 24.3 Å². The molecule has 1 aliphatic rings. The fourth-order valence-corrected chi connectivity index (χ4v) is 3.07. The minimum Gasteiger partial charge on any atom is -0.480 e. The van der Waals surface area contributed by atoms with Gasteiger partial charge in [-0.05, 0) is 25.0 Å². The number of aliphatic carboxylic acids is 1. The van der Waals surface area contributed by atoms with Gasteiger partial charge in [0.2, 0.25) is 5.91 Å². The Morgan fingerprint density at radius 2 is 1.95 bits per heavy atom. The number of likely N-dealkylation sites (tertiary alicyclic amines) is 1. The Balaban J connectivity index is 2.00. The Hall–Kier alpha value is -1.34. The molecule has 5 nitrogen and oxygen atoms in total. The van der Waals surface area contributed by atoms with E-state index < -0.39 is 17.3 Å². The fraction of sp³-hybridized carbons (Fsp3) is 0.400. The Morgan fingerprint density at radius 1 is 1.32 bits per heavy atom. The van der Waals surface area contributed by atoms with Gasteiger partial charge in [-0.25, -0.2) is 4.79 Å². The van der Waals surface area contributed by atoms with Crippen LogP contribution in [0.3, 0.4) is 0 Å². The standard InChI is InChI=1S/C15H16BrNO4S/c16-10-5-3-9(4-6-10)14(19)12(22)8-13(18)17-7-1-2-11(17)15(20)21/h3-6,11-12,22H,1-2,7-8H2,(H,20,21)/t11-,12?/m0/s1. The van der Waals surface area contributed by atoms with Gasteiger partial charge in [0.25, 0.3) is 0 Å². The molecule has 2 atom stereocenters. The number of nitrogens with zero attached hydrogens (tertiary/aromatic N) is 1. The molecule has 1 heterocycles. The maximum atomic E-state index is 12.2. The largest absolute Gasteiger partial charge is 0.480 e. The summed E-state index contributed by atoms with van der Waals surface area (Å²) in [6, 6.07) is 6.04. The topological polar surface area (TPSA) is 74.7 Å². The highest BCUT2D eigenvalue weighted by molar-refractivity contribution is 9.10. The summed E-state index contributed by atoms with van der Waals surface area (Å²) in [5.74, 6) is -1.58. The van der Waals surface area contributed by atoms with E-state index in [-0.39, 0.29) is 18.1 Å². The molecule has 0 aromatic heterocycles. The third-order valence-electron chi connectivity index (χ3n) is 3.66. The monoisotopic (exact) mass is 385 g/mol. The zero-order valence-electron chi connectivity index (χ0n) is 11.7. The molecule has 1 aromatic carbocycles. The number of amides is 1. The average Bonchev–Trinajstić information content (AvgIpc) is 2.97. The van der Waals surface area contributed by atoms with Crippen LogP contribution in [0.4, 0.5) is 0 Å². The van der Waals surface area contributed by atoms with Crippen LogP contribution >= 0.6 is 28.6 Å². The number of rotatable bonds is 5. The first kappa shape index (κ1) is 17.0. The maximum absolute atomic E-state index is 12.2. The maximum Gasteiger partial charge on any atom is 0.326 e. The number of thiol groups is 1. The predicted molar refractivity (Wildman–Crippen MR) is 88.2 cm³/mol. The van der Waals surface area contributed by atoms with Crippen LogP contribution in [0, 0.1) is 0 Å². The number of carboxylic acid groups (broad SMARTS) is 1. The highest BCUT2D eigenvalue weighted by atomic mass is 79.9. The summed E-state index contributed by atoms with van der Waals surface area (Å²) in [4.78, 5) is 36.9. The van der Waals surface area contributed by atoms with Crippen molar-refractivity contribution in [1.82, 2.24) is 4.90 Å². The molecule has 1 amide bonds. The van der Waals surface area contributed by atoms with E-state index in [4.69, 9.17) is 5.11 Å². The van der Waals surface area contributed by atoms with Crippen LogP contribution in [0.5, 0.6) is 0 Å². The van der Waals surface area contributed by atoms with E-state index in [9.17, 15) is 14.4 Å². The zero-order chi connectivity index (χ0) is 16.3. The summed E-state index contributed by atoms with van der Waals surface area (Å²) in [6.45, 7) is 0.419. The molecule has 118 valence electrons. The predicted octanol–water partition coefficient (Wildman–Crippen LogP) is 2.40. The molecule has 0 spiro atoms. The lowest BCUT2D eigenvalue weighted by Gasteiger charge is -2.22. The van der Waals surface area contributed by atoms with Gasteiger partial charge in [0.05, 0.1) is 5.25 Å². The number of hydrogen-bond donors (Lipinski definition) is 2. The lowest BCUT2D eigenvalue weighted by Crippen LogP contribution is -2.41. The number of Topliss-reactive ketones (excluding diaryl/α,β-unsaturated/α-hetero) is 1. The van der Waals surface area contributed by atoms with Crippen LogP contribution in [0.2, 0.25) is 0 Å². The van der Waals surface area contributed by atoms with Crippen molar-refractivity contribution in [2.24, 2.45) is 0 Å². The van der Waals surface area contributed by atoms with Crippen molar-refractivity contribution in [1.29, 1.82) is 0 Å². The van der Waals surface area contributed by atoms with E-state index in [1.165, 1.54) is 4.90 Å². The first-order valence-corrected chi connectivity index (χ1v) is 8.21. The van der Waals surface area contributed by atoms with Gasteiger partial charge in [0.15, 0.2) is 5.78 Å². The Bertz CT molecular complexity index is 590. The van der Waals surface area contributed by atoms with Gasteiger partial charge >= 0.3 is 5.97 Å². The molecule has 0 aliphatic carbocycles. The normalized spacial score (nSPS) is 19.0. The molecular formula is C15H16BrNO4S. The van der Waals surface area contributed by atoms with Crippen molar-refractivity contribution in [3.05, 3.63) is 34.3 Å². The molecule has 2 rings (SSSR count). The molecule has 0 bridgehead atoms. The summed E-state index contributed by atoms with van der Waals surface area (Å²) >= 11 is 7.51. The molecule has 1 fully saturated rings. The van der Waals surface area contributed by atoms with Gasteiger partial charge in [-0.2, -0.15) is 12.6 Å². The highest BCUT2D eigenvalue weighted by Gasteiger charge is 2.35. The third-order valence-corrected chi connectivity index (χ3v) is 4.60. The zero-order valence-corrected chi connectivity index (χ0v) is 14.2. The van der Waals surface area contributed by atoms with Gasteiger partial charge < -0.3 is 10.0 Å². The first-order valence-electron chi connectivity index (χ1n) is 6.90. The average molecular weight is 386 g/mol. The van der Waals surface area contributed by atoms with Crippen LogP contribution in [0.25, 0.3) is 0 Å². The summed E-state index contributed by atoms with van der Waals surface area (Å²) in [5.41, 5.74) is 0.479. The summed E-state index contributed by atoms with van der Waals surface area (Å²) in [5, 5.41) is 8.32. The van der Waals surface area contributed by atoms with Crippen LogP contribution in [0.1, 0.15) is 29.6 Å².